The van der Waals surface area contributed by atoms with Gasteiger partial charge in [-0.1, -0.05) is 60.1 Å². The average Bonchev–Trinajstić information content (AvgIpc) is 3.40. The number of pyridine rings is 1. The van der Waals surface area contributed by atoms with Crippen molar-refractivity contribution in [1.82, 2.24) is 15.6 Å². The third-order valence-electron chi connectivity index (χ3n) is 6.12. The van der Waals surface area contributed by atoms with Crippen LogP contribution in [0, 0.1) is 0 Å². The van der Waals surface area contributed by atoms with Gasteiger partial charge in [-0.15, -0.1) is 0 Å². The van der Waals surface area contributed by atoms with Crippen molar-refractivity contribution >= 4 is 34.2 Å². The van der Waals surface area contributed by atoms with Gasteiger partial charge in [0, 0.05) is 29.5 Å². The zero-order chi connectivity index (χ0) is 23.2. The maximum Gasteiger partial charge on any atom is 0.130 e. The maximum absolute atomic E-state index is 6.07. The van der Waals surface area contributed by atoms with Crippen LogP contribution in [-0.4, -0.2) is 30.7 Å². The second-order valence-electron chi connectivity index (χ2n) is 8.60. The van der Waals surface area contributed by atoms with E-state index >= 15 is 0 Å². The predicted molar refractivity (Wildman–Crippen MR) is 141 cm³/mol. The second kappa shape index (κ2) is 10.8. The molecule has 0 aliphatic carbocycles. The van der Waals surface area contributed by atoms with Gasteiger partial charge in [-0.3, -0.25) is 0 Å². The number of nitrogens with zero attached hydrogens (tertiary/aromatic N) is 1. The molecule has 3 aromatic carbocycles. The van der Waals surface area contributed by atoms with Crippen molar-refractivity contribution < 1.29 is 4.74 Å². The molecule has 4 aromatic rings. The summed E-state index contributed by atoms with van der Waals surface area (Å²) in [6.07, 6.45) is 3.38. The van der Waals surface area contributed by atoms with Crippen molar-refractivity contribution in [3.05, 3.63) is 107 Å². The van der Waals surface area contributed by atoms with E-state index in [-0.39, 0.29) is 0 Å². The average molecular weight is 470 g/mol. The lowest BCUT2D eigenvalue weighted by atomic mass is 10.0. The van der Waals surface area contributed by atoms with Crippen molar-refractivity contribution in [3.63, 3.8) is 0 Å². The molecule has 5 rings (SSSR count). The van der Waals surface area contributed by atoms with E-state index in [0.29, 0.717) is 12.6 Å². The Morgan fingerprint density at radius 2 is 1.82 bits per heavy atom. The topological polar surface area (TPSA) is 46.2 Å². The van der Waals surface area contributed by atoms with Crippen molar-refractivity contribution in [1.29, 1.82) is 0 Å². The standard InChI is InChI=1S/C29H28ClN3O/c30-25-10-5-21(6-11-25)17-24(18-32-26-15-16-31-19-26)22-8-13-28(14-9-22)34-20-27-12-7-23-3-1-2-4-29(23)33-27/h1-14,17,26,31-32H,15-16,18-20H2/b24-17-/t26-/m0/s1. The SMILES string of the molecule is Clc1ccc(/C=C(/CN[C@H]2CCNC2)c2ccc(OCc3ccc4ccccc4n3)cc2)cc1. The monoisotopic (exact) mass is 469 g/mol. The molecule has 0 radical (unpaired) electrons. The zero-order valence-corrected chi connectivity index (χ0v) is 19.8. The Labute approximate surface area is 205 Å². The van der Waals surface area contributed by atoms with E-state index in [1.165, 1.54) is 11.1 Å². The van der Waals surface area contributed by atoms with Crippen LogP contribution in [0.3, 0.4) is 0 Å². The Morgan fingerprint density at radius 3 is 2.62 bits per heavy atom. The largest absolute Gasteiger partial charge is 0.487 e. The van der Waals surface area contributed by atoms with Gasteiger partial charge >= 0.3 is 0 Å². The van der Waals surface area contributed by atoms with E-state index in [9.17, 15) is 0 Å². The Balaban J connectivity index is 1.29. The maximum atomic E-state index is 6.07. The van der Waals surface area contributed by atoms with Gasteiger partial charge in [-0.05, 0) is 72.1 Å². The molecule has 1 aliphatic heterocycles. The third-order valence-corrected chi connectivity index (χ3v) is 6.37. The smallest absolute Gasteiger partial charge is 0.130 e. The fourth-order valence-electron chi connectivity index (χ4n) is 4.19. The molecule has 0 unspecified atom stereocenters. The van der Waals surface area contributed by atoms with Crippen LogP contribution < -0.4 is 15.4 Å². The van der Waals surface area contributed by atoms with Crippen molar-refractivity contribution in [2.45, 2.75) is 19.1 Å². The van der Waals surface area contributed by atoms with Crippen LogP contribution in [0.1, 0.15) is 23.2 Å². The molecule has 1 atom stereocenters. The quantitative estimate of drug-likeness (QED) is 0.312. The highest BCUT2D eigenvalue weighted by Gasteiger charge is 2.14. The van der Waals surface area contributed by atoms with E-state index in [2.05, 4.69) is 41.0 Å². The summed E-state index contributed by atoms with van der Waals surface area (Å²) < 4.78 is 6.03. The summed E-state index contributed by atoms with van der Waals surface area (Å²) >= 11 is 6.07. The van der Waals surface area contributed by atoms with Crippen molar-refractivity contribution in [2.24, 2.45) is 0 Å². The van der Waals surface area contributed by atoms with Gasteiger partial charge in [-0.2, -0.15) is 0 Å². The number of para-hydroxylation sites is 1. The lowest BCUT2D eigenvalue weighted by Gasteiger charge is -2.15. The number of nitrogens with one attached hydrogen (secondary N) is 2. The fourth-order valence-corrected chi connectivity index (χ4v) is 4.32. The van der Waals surface area contributed by atoms with Crippen molar-refractivity contribution in [2.75, 3.05) is 19.6 Å². The lowest BCUT2D eigenvalue weighted by molar-refractivity contribution is 0.302. The number of aromatic nitrogens is 1. The van der Waals surface area contributed by atoms with Gasteiger partial charge in [0.2, 0.25) is 0 Å². The van der Waals surface area contributed by atoms with Gasteiger partial charge in [0.1, 0.15) is 12.4 Å². The molecule has 0 saturated carbocycles. The van der Waals surface area contributed by atoms with Crippen LogP contribution in [-0.2, 0) is 6.61 Å². The number of halogens is 1. The summed E-state index contributed by atoms with van der Waals surface area (Å²) in [4.78, 5) is 4.69. The number of rotatable bonds is 8. The summed E-state index contributed by atoms with van der Waals surface area (Å²) in [6.45, 7) is 3.33. The van der Waals surface area contributed by atoms with Gasteiger partial charge < -0.3 is 15.4 Å². The molecule has 0 bridgehead atoms. The summed E-state index contributed by atoms with van der Waals surface area (Å²) in [6, 6.07) is 29.0. The summed E-state index contributed by atoms with van der Waals surface area (Å²) in [7, 11) is 0. The minimum atomic E-state index is 0.438. The molecule has 1 aliphatic rings. The molecule has 172 valence electrons. The highest BCUT2D eigenvalue weighted by molar-refractivity contribution is 6.30. The van der Waals surface area contributed by atoms with E-state index in [4.69, 9.17) is 21.3 Å². The van der Waals surface area contributed by atoms with Crippen LogP contribution >= 0.6 is 11.6 Å². The minimum Gasteiger partial charge on any atom is -0.487 e. The van der Waals surface area contributed by atoms with E-state index in [1.807, 2.05) is 60.7 Å². The zero-order valence-electron chi connectivity index (χ0n) is 19.0. The van der Waals surface area contributed by atoms with E-state index in [1.54, 1.807) is 0 Å². The van der Waals surface area contributed by atoms with Crippen LogP contribution in [0.2, 0.25) is 5.02 Å². The van der Waals surface area contributed by atoms with Gasteiger partial charge in [-0.25, -0.2) is 4.98 Å². The first-order chi connectivity index (χ1) is 16.7. The molecule has 4 nitrogen and oxygen atoms in total. The minimum absolute atomic E-state index is 0.438. The first-order valence-electron chi connectivity index (χ1n) is 11.7. The van der Waals surface area contributed by atoms with E-state index < -0.39 is 0 Å². The Morgan fingerprint density at radius 1 is 1.00 bits per heavy atom. The van der Waals surface area contributed by atoms with Gasteiger partial charge in [0.15, 0.2) is 0 Å². The summed E-state index contributed by atoms with van der Waals surface area (Å²) in [5.41, 5.74) is 5.44. The number of fused-ring (bicyclic) bond motifs is 1. The van der Waals surface area contributed by atoms with Gasteiger partial charge in [0.05, 0.1) is 11.2 Å². The molecular formula is C29H28ClN3O. The number of hydrogen-bond acceptors (Lipinski definition) is 4. The molecule has 2 heterocycles. The molecule has 1 fully saturated rings. The van der Waals surface area contributed by atoms with Gasteiger partial charge in [0.25, 0.3) is 0 Å². The molecule has 34 heavy (non-hydrogen) atoms. The number of benzene rings is 3. The Hall–Kier alpha value is -3.18. The van der Waals surface area contributed by atoms with Crippen molar-refractivity contribution in [3.8, 4) is 5.75 Å². The number of hydrogen-bond donors (Lipinski definition) is 2. The van der Waals surface area contributed by atoms with Crippen LogP contribution in [0.5, 0.6) is 5.75 Å². The van der Waals surface area contributed by atoms with Crippen LogP contribution in [0.25, 0.3) is 22.6 Å². The molecule has 2 N–H and O–H groups in total. The highest BCUT2D eigenvalue weighted by Crippen LogP contribution is 2.23. The van der Waals surface area contributed by atoms with E-state index in [0.717, 1.165) is 59.0 Å². The number of ether oxygens (including phenoxy) is 1. The molecule has 1 aromatic heterocycles. The first-order valence-corrected chi connectivity index (χ1v) is 12.1. The highest BCUT2D eigenvalue weighted by atomic mass is 35.5. The van der Waals surface area contributed by atoms with Crippen LogP contribution in [0.15, 0.2) is 84.9 Å². The normalized spacial score (nSPS) is 16.1. The second-order valence-corrected chi connectivity index (χ2v) is 9.04. The molecule has 0 spiro atoms. The first kappa shape index (κ1) is 22.6. The summed E-state index contributed by atoms with van der Waals surface area (Å²) in [5.74, 6) is 0.831. The fraction of sp³-hybridized carbons (Fsp3) is 0.207. The molecule has 0 amide bonds. The van der Waals surface area contributed by atoms with Crippen LogP contribution in [0.4, 0.5) is 0 Å². The third kappa shape index (κ3) is 5.84. The molecular weight excluding hydrogens is 442 g/mol. The Bertz CT molecular complexity index is 1260. The lowest BCUT2D eigenvalue weighted by Crippen LogP contribution is -2.32. The Kier molecular flexibility index (Phi) is 7.20. The summed E-state index contributed by atoms with van der Waals surface area (Å²) in [5, 5.41) is 8.99. The molecule has 1 saturated heterocycles. The molecule has 5 heteroatoms. The predicted octanol–water partition coefficient (Wildman–Crippen LogP) is 5.96.